The molecule has 0 unspecified atom stereocenters. The van der Waals surface area contributed by atoms with E-state index in [4.69, 9.17) is 22.1 Å². The zero-order chi connectivity index (χ0) is 12.8. The number of nitrogens with two attached hydrogens (primary N) is 1. The van der Waals surface area contributed by atoms with Gasteiger partial charge in [0.25, 0.3) is 0 Å². The second-order valence-electron chi connectivity index (χ2n) is 6.27. The van der Waals surface area contributed by atoms with Crippen LogP contribution in [-0.4, -0.2) is 11.1 Å². The van der Waals surface area contributed by atoms with E-state index < -0.39 is 0 Å². The van der Waals surface area contributed by atoms with Crippen molar-refractivity contribution in [3.05, 3.63) is 28.3 Å². The minimum absolute atomic E-state index is 0.150. The van der Waals surface area contributed by atoms with Crippen LogP contribution in [0, 0.1) is 0 Å². The number of benzene rings is 1. The Labute approximate surface area is 108 Å². The fourth-order valence-corrected chi connectivity index (χ4v) is 2.66. The third-order valence-electron chi connectivity index (χ3n) is 2.83. The minimum Gasteiger partial charge on any atom is -0.486 e. The molecule has 2 nitrogen and oxygen atoms in total. The molecule has 1 aromatic rings. The third kappa shape index (κ3) is 2.93. The lowest BCUT2D eigenvalue weighted by atomic mass is 9.93. The van der Waals surface area contributed by atoms with E-state index in [1.807, 2.05) is 19.9 Å². The number of hydrogen-bond donors (Lipinski definition) is 1. The second-order valence-corrected chi connectivity index (χ2v) is 6.68. The predicted octanol–water partition coefficient (Wildman–Crippen LogP) is 3.33. The molecular formula is C14H20ClNO. The summed E-state index contributed by atoms with van der Waals surface area (Å²) in [5.74, 6) is 0.843. The molecule has 17 heavy (non-hydrogen) atoms. The van der Waals surface area contributed by atoms with Crippen LogP contribution in [-0.2, 0) is 12.8 Å². The van der Waals surface area contributed by atoms with Crippen molar-refractivity contribution >= 4 is 11.6 Å². The molecule has 0 saturated heterocycles. The summed E-state index contributed by atoms with van der Waals surface area (Å²) in [6.07, 6.45) is 1.72. The van der Waals surface area contributed by atoms with Gasteiger partial charge in [0.15, 0.2) is 0 Å². The molecule has 94 valence electrons. The van der Waals surface area contributed by atoms with Gasteiger partial charge < -0.3 is 10.5 Å². The summed E-state index contributed by atoms with van der Waals surface area (Å²) in [5, 5.41) is 0.701. The maximum atomic E-state index is 6.27. The van der Waals surface area contributed by atoms with Crippen LogP contribution >= 0.6 is 11.6 Å². The van der Waals surface area contributed by atoms with Gasteiger partial charge in [0, 0.05) is 12.0 Å². The average Bonchev–Trinajstić information content (AvgIpc) is 2.36. The van der Waals surface area contributed by atoms with Gasteiger partial charge in [-0.25, -0.2) is 0 Å². The van der Waals surface area contributed by atoms with Crippen molar-refractivity contribution < 1.29 is 4.74 Å². The van der Waals surface area contributed by atoms with Gasteiger partial charge >= 0.3 is 0 Å². The standard InChI is InChI=1S/C14H20ClNO/c1-13(2,16)7-9-5-10-8-14(3,4)17-12(10)11(15)6-9/h5-6H,7-8,16H2,1-4H3. The van der Waals surface area contributed by atoms with Crippen LogP contribution in [0.3, 0.4) is 0 Å². The highest BCUT2D eigenvalue weighted by molar-refractivity contribution is 6.32. The van der Waals surface area contributed by atoms with Crippen molar-refractivity contribution in [2.45, 2.75) is 51.7 Å². The van der Waals surface area contributed by atoms with Crippen molar-refractivity contribution in [1.29, 1.82) is 0 Å². The summed E-state index contributed by atoms with van der Waals surface area (Å²) in [6, 6.07) is 4.14. The molecule has 2 N–H and O–H groups in total. The zero-order valence-corrected chi connectivity index (χ0v) is 11.7. The molecule has 0 aromatic heterocycles. The zero-order valence-electron chi connectivity index (χ0n) is 10.9. The SMILES string of the molecule is CC(C)(N)Cc1cc(Cl)c2c(c1)CC(C)(C)O2. The lowest BCUT2D eigenvalue weighted by Gasteiger charge is -2.19. The van der Waals surface area contributed by atoms with Gasteiger partial charge in [-0.15, -0.1) is 0 Å². The lowest BCUT2D eigenvalue weighted by Crippen LogP contribution is -2.34. The highest BCUT2D eigenvalue weighted by atomic mass is 35.5. The maximum absolute atomic E-state index is 6.27. The van der Waals surface area contributed by atoms with Crippen molar-refractivity contribution in [1.82, 2.24) is 0 Å². The van der Waals surface area contributed by atoms with Crippen LogP contribution < -0.4 is 10.5 Å². The Kier molecular flexibility index (Phi) is 2.91. The number of rotatable bonds is 2. The van der Waals surface area contributed by atoms with E-state index >= 15 is 0 Å². The Morgan fingerprint density at radius 1 is 1.41 bits per heavy atom. The van der Waals surface area contributed by atoms with E-state index in [1.165, 1.54) is 11.1 Å². The first-order chi connectivity index (χ1) is 7.66. The molecule has 0 fully saturated rings. The summed E-state index contributed by atoms with van der Waals surface area (Å²) in [6.45, 7) is 8.20. The van der Waals surface area contributed by atoms with Crippen LogP contribution in [0.2, 0.25) is 5.02 Å². The fourth-order valence-electron chi connectivity index (χ4n) is 2.36. The van der Waals surface area contributed by atoms with E-state index in [1.54, 1.807) is 0 Å². The van der Waals surface area contributed by atoms with E-state index in [0.717, 1.165) is 18.6 Å². The first-order valence-electron chi connectivity index (χ1n) is 5.95. The lowest BCUT2D eigenvalue weighted by molar-refractivity contribution is 0.138. The van der Waals surface area contributed by atoms with Crippen molar-refractivity contribution in [2.24, 2.45) is 5.73 Å². The van der Waals surface area contributed by atoms with Gasteiger partial charge in [0.2, 0.25) is 0 Å². The number of ether oxygens (including phenoxy) is 1. The molecule has 0 atom stereocenters. The van der Waals surface area contributed by atoms with Gasteiger partial charge in [-0.2, -0.15) is 0 Å². The van der Waals surface area contributed by atoms with Crippen LogP contribution in [0.1, 0.15) is 38.8 Å². The summed E-state index contributed by atoms with van der Waals surface area (Å²) >= 11 is 6.27. The molecule has 1 heterocycles. The first kappa shape index (κ1) is 12.7. The quantitative estimate of drug-likeness (QED) is 0.878. The minimum atomic E-state index is -0.216. The van der Waals surface area contributed by atoms with Crippen molar-refractivity contribution in [2.75, 3.05) is 0 Å². The van der Waals surface area contributed by atoms with E-state index in [9.17, 15) is 0 Å². The molecule has 0 amide bonds. The monoisotopic (exact) mass is 253 g/mol. The van der Waals surface area contributed by atoms with E-state index in [0.29, 0.717) is 5.02 Å². The molecule has 0 bridgehead atoms. The van der Waals surface area contributed by atoms with Crippen LogP contribution in [0.4, 0.5) is 0 Å². The molecule has 1 aliphatic rings. The molecule has 0 spiro atoms. The highest BCUT2D eigenvalue weighted by Gasteiger charge is 2.32. The predicted molar refractivity (Wildman–Crippen MR) is 71.8 cm³/mol. The average molecular weight is 254 g/mol. The Morgan fingerprint density at radius 2 is 2.06 bits per heavy atom. The Balaban J connectivity index is 2.34. The molecule has 0 saturated carbocycles. The number of fused-ring (bicyclic) bond motifs is 1. The number of hydrogen-bond acceptors (Lipinski definition) is 2. The van der Waals surface area contributed by atoms with Gasteiger partial charge in [-0.1, -0.05) is 17.7 Å². The molecule has 3 heteroatoms. The van der Waals surface area contributed by atoms with E-state index in [-0.39, 0.29) is 11.1 Å². The van der Waals surface area contributed by atoms with Gasteiger partial charge in [0.05, 0.1) is 5.02 Å². The van der Waals surface area contributed by atoms with Crippen LogP contribution in [0.15, 0.2) is 12.1 Å². The van der Waals surface area contributed by atoms with Crippen molar-refractivity contribution in [3.63, 3.8) is 0 Å². The topological polar surface area (TPSA) is 35.2 Å². The molecule has 1 aromatic carbocycles. The highest BCUT2D eigenvalue weighted by Crippen LogP contribution is 2.41. The van der Waals surface area contributed by atoms with Crippen LogP contribution in [0.5, 0.6) is 5.75 Å². The molecule has 0 radical (unpaired) electrons. The fraction of sp³-hybridized carbons (Fsp3) is 0.571. The smallest absolute Gasteiger partial charge is 0.142 e. The van der Waals surface area contributed by atoms with Gasteiger partial charge in [0.1, 0.15) is 11.4 Å². The van der Waals surface area contributed by atoms with Gasteiger partial charge in [-0.05, 0) is 51.3 Å². The molecule has 2 rings (SSSR count). The summed E-state index contributed by atoms with van der Waals surface area (Å²) in [5.41, 5.74) is 8.06. The summed E-state index contributed by atoms with van der Waals surface area (Å²) in [4.78, 5) is 0. The van der Waals surface area contributed by atoms with Crippen molar-refractivity contribution in [3.8, 4) is 5.75 Å². The Bertz CT molecular complexity index is 446. The maximum Gasteiger partial charge on any atom is 0.142 e. The Hall–Kier alpha value is -0.730. The summed E-state index contributed by atoms with van der Waals surface area (Å²) in [7, 11) is 0. The largest absolute Gasteiger partial charge is 0.486 e. The second kappa shape index (κ2) is 3.89. The number of halogens is 1. The third-order valence-corrected chi connectivity index (χ3v) is 3.12. The molecular weight excluding hydrogens is 234 g/mol. The summed E-state index contributed by atoms with van der Waals surface area (Å²) < 4.78 is 5.85. The first-order valence-corrected chi connectivity index (χ1v) is 6.33. The van der Waals surface area contributed by atoms with Crippen LogP contribution in [0.25, 0.3) is 0 Å². The molecule has 1 aliphatic heterocycles. The molecule has 0 aliphatic carbocycles. The van der Waals surface area contributed by atoms with Gasteiger partial charge in [-0.3, -0.25) is 0 Å². The van der Waals surface area contributed by atoms with E-state index in [2.05, 4.69) is 19.9 Å². The Morgan fingerprint density at radius 3 is 2.65 bits per heavy atom. The normalized spacial score (nSPS) is 17.8.